The van der Waals surface area contributed by atoms with E-state index in [4.69, 9.17) is 0 Å². The zero-order chi connectivity index (χ0) is 17.5. The van der Waals surface area contributed by atoms with Crippen LogP contribution in [-0.2, 0) is 5.41 Å². The van der Waals surface area contributed by atoms with Crippen LogP contribution in [0.25, 0.3) is 0 Å². The number of halogens is 8. The number of rotatable bonds is 3. The number of hydrogen-bond donors (Lipinski definition) is 0. The van der Waals surface area contributed by atoms with Gasteiger partial charge in [0.2, 0.25) is 0 Å². The molecule has 0 bridgehead atoms. The first kappa shape index (κ1) is 18.7. The molecule has 0 amide bonds. The van der Waals surface area contributed by atoms with Crippen molar-refractivity contribution in [3.8, 4) is 0 Å². The van der Waals surface area contributed by atoms with Gasteiger partial charge < -0.3 is 0 Å². The summed E-state index contributed by atoms with van der Waals surface area (Å²) in [5.74, 6) is -4.33. The maximum atomic E-state index is 13.9. The number of hydrogen-bond acceptors (Lipinski definition) is 0. The first-order valence-electron chi connectivity index (χ1n) is 6.40. The zero-order valence-corrected chi connectivity index (χ0v) is 12.0. The molecule has 1 atom stereocenters. The fourth-order valence-corrected chi connectivity index (χ4v) is 2.02. The molecule has 1 aromatic carbocycles. The van der Waals surface area contributed by atoms with E-state index in [1.165, 1.54) is 6.92 Å². The van der Waals surface area contributed by atoms with E-state index in [0.717, 1.165) is 6.07 Å². The van der Waals surface area contributed by atoms with Crippen LogP contribution in [0.2, 0.25) is 0 Å². The molecule has 126 valence electrons. The maximum absolute atomic E-state index is 13.9. The third-order valence-electron chi connectivity index (χ3n) is 3.93. The van der Waals surface area contributed by atoms with Crippen LogP contribution in [0.15, 0.2) is 12.1 Å². The van der Waals surface area contributed by atoms with Crippen LogP contribution in [0, 0.1) is 11.6 Å². The van der Waals surface area contributed by atoms with E-state index in [9.17, 15) is 35.1 Å². The fourth-order valence-electron chi connectivity index (χ4n) is 2.02. The van der Waals surface area contributed by atoms with Crippen molar-refractivity contribution >= 4 is 0 Å². The summed E-state index contributed by atoms with van der Waals surface area (Å²) in [6.07, 6.45) is -11.3. The maximum Gasteiger partial charge on any atom is 0.407 e. The van der Waals surface area contributed by atoms with Gasteiger partial charge in [-0.25, -0.2) is 8.78 Å². The average molecular weight is 334 g/mol. The molecule has 22 heavy (non-hydrogen) atoms. The van der Waals surface area contributed by atoms with Gasteiger partial charge in [0.1, 0.15) is 0 Å². The monoisotopic (exact) mass is 334 g/mol. The smallest absolute Gasteiger partial charge is 0.203 e. The Kier molecular flexibility index (Phi) is 4.85. The molecule has 0 nitrogen and oxygen atoms in total. The Morgan fingerprint density at radius 3 is 1.73 bits per heavy atom. The first-order valence-corrected chi connectivity index (χ1v) is 6.40. The molecule has 1 aromatic rings. The number of alkyl halides is 6. The summed E-state index contributed by atoms with van der Waals surface area (Å²) < 4.78 is 105. The lowest BCUT2D eigenvalue weighted by atomic mass is 9.79. The normalized spacial score (nSPS) is 15.0. The van der Waals surface area contributed by atoms with Crippen molar-refractivity contribution in [3.05, 3.63) is 34.9 Å². The standard InChI is InChI=1S/C14H14F8/c1-4-7(2)8-5-6-9(11(16)10(8)15)12(3,13(17,18)19)14(20,21)22/h5-7H,4H2,1-3H3. The van der Waals surface area contributed by atoms with Crippen LogP contribution in [0.1, 0.15) is 44.2 Å². The van der Waals surface area contributed by atoms with Gasteiger partial charge in [0.15, 0.2) is 17.0 Å². The molecular formula is C14H14F8. The molecule has 1 unspecified atom stereocenters. The third kappa shape index (κ3) is 2.79. The van der Waals surface area contributed by atoms with E-state index in [1.54, 1.807) is 6.92 Å². The second kappa shape index (κ2) is 5.70. The SMILES string of the molecule is CCC(C)c1ccc(C(C)(C(F)(F)F)C(F)(F)F)c(F)c1F. The Morgan fingerprint density at radius 2 is 1.36 bits per heavy atom. The second-order valence-electron chi connectivity index (χ2n) is 5.26. The Morgan fingerprint density at radius 1 is 0.909 bits per heavy atom. The Bertz CT molecular complexity index is 527. The van der Waals surface area contributed by atoms with Gasteiger partial charge in [-0.1, -0.05) is 26.0 Å². The van der Waals surface area contributed by atoms with Gasteiger partial charge in [-0.05, 0) is 24.8 Å². The van der Waals surface area contributed by atoms with Crippen LogP contribution < -0.4 is 0 Å². The zero-order valence-electron chi connectivity index (χ0n) is 12.0. The van der Waals surface area contributed by atoms with Gasteiger partial charge in [-0.2, -0.15) is 26.3 Å². The second-order valence-corrected chi connectivity index (χ2v) is 5.26. The van der Waals surface area contributed by atoms with Crippen LogP contribution >= 0.6 is 0 Å². The Labute approximate surface area is 122 Å². The minimum absolute atomic E-state index is 0.201. The van der Waals surface area contributed by atoms with Crippen molar-refractivity contribution in [2.24, 2.45) is 0 Å². The minimum atomic E-state index is -5.82. The van der Waals surface area contributed by atoms with E-state index < -0.39 is 40.9 Å². The van der Waals surface area contributed by atoms with E-state index in [2.05, 4.69) is 0 Å². The highest BCUT2D eigenvalue weighted by Crippen LogP contribution is 2.52. The molecule has 0 spiro atoms. The molecule has 0 radical (unpaired) electrons. The topological polar surface area (TPSA) is 0 Å². The summed E-state index contributed by atoms with van der Waals surface area (Å²) in [4.78, 5) is 0. The Hall–Kier alpha value is -1.34. The average Bonchev–Trinajstić information content (AvgIpc) is 2.37. The van der Waals surface area contributed by atoms with Crippen molar-refractivity contribution in [2.45, 2.75) is 50.9 Å². The highest BCUT2D eigenvalue weighted by Gasteiger charge is 2.69. The van der Waals surface area contributed by atoms with Crippen molar-refractivity contribution in [2.75, 3.05) is 0 Å². The summed E-state index contributed by atoms with van der Waals surface area (Å²) in [5, 5.41) is 0. The molecule has 0 aromatic heterocycles. The molecule has 0 fully saturated rings. The molecule has 0 saturated heterocycles. The van der Waals surface area contributed by atoms with Crippen LogP contribution in [-0.4, -0.2) is 12.4 Å². The van der Waals surface area contributed by atoms with Crippen LogP contribution in [0.3, 0.4) is 0 Å². The van der Waals surface area contributed by atoms with Crippen molar-refractivity contribution in [1.29, 1.82) is 0 Å². The van der Waals surface area contributed by atoms with Gasteiger partial charge in [0.25, 0.3) is 0 Å². The lowest BCUT2D eigenvalue weighted by molar-refractivity contribution is -0.298. The van der Waals surface area contributed by atoms with Crippen molar-refractivity contribution in [1.82, 2.24) is 0 Å². The molecule has 0 aliphatic heterocycles. The van der Waals surface area contributed by atoms with Crippen molar-refractivity contribution in [3.63, 3.8) is 0 Å². The van der Waals surface area contributed by atoms with E-state index >= 15 is 0 Å². The molecule has 1 rings (SSSR count). The molecule has 0 heterocycles. The molecule has 0 aliphatic carbocycles. The molecule has 0 aliphatic rings. The quantitative estimate of drug-likeness (QED) is 0.607. The molecule has 8 heteroatoms. The van der Waals surface area contributed by atoms with Gasteiger partial charge in [-0.3, -0.25) is 0 Å². The summed E-state index contributed by atoms with van der Waals surface area (Å²) in [7, 11) is 0. The highest BCUT2D eigenvalue weighted by atomic mass is 19.4. The molecule has 0 saturated carbocycles. The largest absolute Gasteiger partial charge is 0.407 e. The minimum Gasteiger partial charge on any atom is -0.203 e. The predicted octanol–water partition coefficient (Wildman–Crippen LogP) is 5.86. The Balaban J connectivity index is 3.64. The van der Waals surface area contributed by atoms with Crippen molar-refractivity contribution < 1.29 is 35.1 Å². The third-order valence-corrected chi connectivity index (χ3v) is 3.93. The van der Waals surface area contributed by atoms with Crippen LogP contribution in [0.4, 0.5) is 35.1 Å². The summed E-state index contributed by atoms with van der Waals surface area (Å²) >= 11 is 0. The van der Waals surface area contributed by atoms with Gasteiger partial charge in [0.05, 0.1) is 0 Å². The van der Waals surface area contributed by atoms with E-state index in [0.29, 0.717) is 12.5 Å². The molecular weight excluding hydrogens is 320 g/mol. The fraction of sp³-hybridized carbons (Fsp3) is 0.571. The van der Waals surface area contributed by atoms with Gasteiger partial charge in [-0.15, -0.1) is 0 Å². The van der Waals surface area contributed by atoms with Gasteiger partial charge >= 0.3 is 12.4 Å². The lowest BCUT2D eigenvalue weighted by Gasteiger charge is -2.34. The van der Waals surface area contributed by atoms with Crippen LogP contribution in [0.5, 0.6) is 0 Å². The summed E-state index contributed by atoms with van der Waals surface area (Å²) in [6.45, 7) is 2.92. The predicted molar refractivity (Wildman–Crippen MR) is 64.5 cm³/mol. The molecule has 0 N–H and O–H groups in total. The van der Waals surface area contributed by atoms with Gasteiger partial charge in [0, 0.05) is 5.56 Å². The van der Waals surface area contributed by atoms with E-state index in [-0.39, 0.29) is 12.5 Å². The highest BCUT2D eigenvalue weighted by molar-refractivity contribution is 5.36. The summed E-state index contributed by atoms with van der Waals surface area (Å²) in [6, 6.07) is 1.14. The first-order chi connectivity index (χ1) is 9.79. The summed E-state index contributed by atoms with van der Waals surface area (Å²) in [5.41, 5.74) is -6.51. The number of benzene rings is 1. The lowest BCUT2D eigenvalue weighted by Crippen LogP contribution is -2.52. The van der Waals surface area contributed by atoms with E-state index in [1.807, 2.05) is 0 Å².